The summed E-state index contributed by atoms with van der Waals surface area (Å²) in [6.07, 6.45) is 0. The normalized spacial score (nSPS) is 11.7. The molecule has 43 heavy (non-hydrogen) atoms. The number of nitrogens with zero attached hydrogens (tertiary/aromatic N) is 1. The Morgan fingerprint density at radius 3 is 1.58 bits per heavy atom. The number of hydrogen-bond acceptors (Lipinski definition) is 2. The van der Waals surface area contributed by atoms with Crippen molar-refractivity contribution in [3.05, 3.63) is 152 Å². The molecule has 0 aliphatic rings. The highest BCUT2D eigenvalue weighted by Crippen LogP contribution is 2.48. The molecule has 0 unspecified atom stereocenters. The Morgan fingerprint density at radius 1 is 0.372 bits per heavy atom. The van der Waals surface area contributed by atoms with Crippen molar-refractivity contribution < 1.29 is 0 Å². The number of benzene rings is 7. The van der Waals surface area contributed by atoms with Crippen molar-refractivity contribution in [2.75, 3.05) is 0 Å². The second-order valence-electron chi connectivity index (χ2n) is 11.1. The lowest BCUT2D eigenvalue weighted by molar-refractivity contribution is 1.32. The van der Waals surface area contributed by atoms with Crippen LogP contribution in [0, 0.1) is 0 Å². The van der Waals surface area contributed by atoms with Crippen molar-refractivity contribution in [2.24, 2.45) is 0 Å². The van der Waals surface area contributed by atoms with Crippen LogP contribution in [0.4, 0.5) is 0 Å². The first kappa shape index (κ1) is 24.3. The molecule has 0 bridgehead atoms. The molecule has 200 valence electrons. The van der Waals surface area contributed by atoms with E-state index >= 15 is 0 Å². The van der Waals surface area contributed by atoms with Crippen LogP contribution in [0.5, 0.6) is 0 Å². The summed E-state index contributed by atoms with van der Waals surface area (Å²) in [5, 5.41) is 10.5. The van der Waals surface area contributed by atoms with Gasteiger partial charge in [0, 0.05) is 36.7 Å². The van der Waals surface area contributed by atoms with Crippen LogP contribution in [0.15, 0.2) is 152 Å². The molecule has 0 amide bonds. The van der Waals surface area contributed by atoms with Gasteiger partial charge in [0.2, 0.25) is 0 Å². The molecule has 0 radical (unpaired) electrons. The zero-order chi connectivity index (χ0) is 28.3. The predicted molar refractivity (Wildman–Crippen MR) is 186 cm³/mol. The van der Waals surface area contributed by atoms with Crippen LogP contribution in [0.2, 0.25) is 0 Å². The number of aromatic nitrogens is 1. The highest BCUT2D eigenvalue weighted by molar-refractivity contribution is 7.27. The van der Waals surface area contributed by atoms with Crippen LogP contribution in [-0.2, 0) is 0 Å². The van der Waals surface area contributed by atoms with E-state index in [0.29, 0.717) is 0 Å². The summed E-state index contributed by atoms with van der Waals surface area (Å²) in [5.74, 6) is 0. The molecule has 0 N–H and O–H groups in total. The lowest BCUT2D eigenvalue weighted by atomic mass is 9.88. The smallest absolute Gasteiger partial charge is 0.0715 e. The largest absolute Gasteiger partial charge is 0.248 e. The highest BCUT2D eigenvalue weighted by Gasteiger charge is 2.19. The van der Waals surface area contributed by atoms with Gasteiger partial charge in [-0.05, 0) is 62.3 Å². The second kappa shape index (κ2) is 9.62. The fourth-order valence-corrected chi connectivity index (χ4v) is 7.94. The van der Waals surface area contributed by atoms with E-state index in [1.807, 2.05) is 11.3 Å². The maximum absolute atomic E-state index is 5.16. The molecule has 2 aromatic heterocycles. The molecule has 0 spiro atoms. The molecule has 0 atom stereocenters. The molecular formula is C41H25NS. The number of rotatable bonds is 3. The number of hydrogen-bond donors (Lipinski definition) is 0. The summed E-state index contributed by atoms with van der Waals surface area (Å²) in [7, 11) is 0. The topological polar surface area (TPSA) is 12.9 Å². The van der Waals surface area contributed by atoms with Crippen molar-refractivity contribution in [1.82, 2.24) is 4.98 Å². The number of pyridine rings is 1. The summed E-state index contributed by atoms with van der Waals surface area (Å²) < 4.78 is 2.70. The van der Waals surface area contributed by atoms with Crippen LogP contribution < -0.4 is 0 Å². The molecular weight excluding hydrogens is 539 g/mol. The van der Waals surface area contributed by atoms with Gasteiger partial charge in [-0.3, -0.25) is 0 Å². The molecule has 9 rings (SSSR count). The average molecular weight is 564 g/mol. The zero-order valence-corrected chi connectivity index (χ0v) is 24.1. The lowest BCUT2D eigenvalue weighted by Gasteiger charge is -2.16. The first-order valence-corrected chi connectivity index (χ1v) is 15.5. The Balaban J connectivity index is 1.45. The molecule has 0 saturated carbocycles. The SMILES string of the molecule is c1ccc(-c2cc(-c3cc4c5ccccc5c5sc6ccccc6c5c4c4ccccc34)cc(-c3ccccc3)n2)cc1. The monoisotopic (exact) mass is 563 g/mol. The van der Waals surface area contributed by atoms with Crippen molar-refractivity contribution in [3.63, 3.8) is 0 Å². The Morgan fingerprint density at radius 2 is 0.907 bits per heavy atom. The van der Waals surface area contributed by atoms with E-state index in [4.69, 9.17) is 4.98 Å². The van der Waals surface area contributed by atoms with E-state index in [1.54, 1.807) is 0 Å². The molecule has 0 aliphatic heterocycles. The van der Waals surface area contributed by atoms with E-state index < -0.39 is 0 Å². The third-order valence-electron chi connectivity index (χ3n) is 8.63. The van der Waals surface area contributed by atoms with Gasteiger partial charge in [0.25, 0.3) is 0 Å². The van der Waals surface area contributed by atoms with Crippen LogP contribution >= 0.6 is 11.3 Å². The van der Waals surface area contributed by atoms with Gasteiger partial charge in [-0.15, -0.1) is 11.3 Å². The maximum Gasteiger partial charge on any atom is 0.0715 e. The van der Waals surface area contributed by atoms with Gasteiger partial charge in [0.05, 0.1) is 11.4 Å². The summed E-state index contributed by atoms with van der Waals surface area (Å²) in [4.78, 5) is 5.16. The summed E-state index contributed by atoms with van der Waals surface area (Å²) in [6.45, 7) is 0. The summed E-state index contributed by atoms with van der Waals surface area (Å²) >= 11 is 1.91. The van der Waals surface area contributed by atoms with Gasteiger partial charge in [-0.25, -0.2) is 4.98 Å². The average Bonchev–Trinajstić information content (AvgIpc) is 3.48. The van der Waals surface area contributed by atoms with Gasteiger partial charge < -0.3 is 0 Å². The van der Waals surface area contributed by atoms with E-state index in [9.17, 15) is 0 Å². The Labute approximate surface area is 253 Å². The molecule has 1 nitrogen and oxygen atoms in total. The quantitative estimate of drug-likeness (QED) is 0.195. The van der Waals surface area contributed by atoms with Gasteiger partial charge in [-0.1, -0.05) is 127 Å². The highest BCUT2D eigenvalue weighted by atomic mass is 32.1. The van der Waals surface area contributed by atoms with E-state index in [1.165, 1.54) is 63.6 Å². The van der Waals surface area contributed by atoms with Gasteiger partial charge in [-0.2, -0.15) is 0 Å². The van der Waals surface area contributed by atoms with Gasteiger partial charge in [0.15, 0.2) is 0 Å². The third-order valence-corrected chi connectivity index (χ3v) is 9.83. The fourth-order valence-electron chi connectivity index (χ4n) is 6.69. The minimum absolute atomic E-state index is 0.977. The first-order chi connectivity index (χ1) is 21.3. The first-order valence-electron chi connectivity index (χ1n) is 14.6. The number of fused-ring (bicyclic) bond motifs is 10. The van der Waals surface area contributed by atoms with E-state index in [2.05, 4.69) is 152 Å². The third kappa shape index (κ3) is 3.81. The molecule has 7 aromatic carbocycles. The molecule has 2 heterocycles. The Bertz CT molecular complexity index is 2430. The van der Waals surface area contributed by atoms with Gasteiger partial charge >= 0.3 is 0 Å². The van der Waals surface area contributed by atoms with Gasteiger partial charge in [0.1, 0.15) is 0 Å². The van der Waals surface area contributed by atoms with E-state index in [-0.39, 0.29) is 0 Å². The van der Waals surface area contributed by atoms with Crippen molar-refractivity contribution in [2.45, 2.75) is 0 Å². The van der Waals surface area contributed by atoms with E-state index in [0.717, 1.165) is 22.5 Å². The molecule has 2 heteroatoms. The van der Waals surface area contributed by atoms with Crippen molar-refractivity contribution in [1.29, 1.82) is 0 Å². The maximum atomic E-state index is 5.16. The standard InChI is InChI=1S/C41H25NS/c1-3-13-26(14-4-1)36-23-28(24-37(42-36)27-15-5-2-6-16-27)34-25-35-30-18-8-10-20-32(30)41-40(33-21-11-12-22-38(33)43-41)39(35)31-19-9-7-17-29(31)34/h1-25H. The van der Waals surface area contributed by atoms with Crippen LogP contribution in [0.25, 0.3) is 86.1 Å². The minimum atomic E-state index is 0.977. The van der Waals surface area contributed by atoms with Crippen LogP contribution in [0.3, 0.4) is 0 Å². The molecule has 9 aromatic rings. The van der Waals surface area contributed by atoms with Crippen molar-refractivity contribution in [3.8, 4) is 33.6 Å². The Hall–Kier alpha value is -5.31. The summed E-state index contributed by atoms with van der Waals surface area (Å²) in [5.41, 5.74) is 6.58. The molecule has 0 aliphatic carbocycles. The second-order valence-corrected chi connectivity index (χ2v) is 12.2. The fraction of sp³-hybridized carbons (Fsp3) is 0. The molecule has 0 fully saturated rings. The van der Waals surface area contributed by atoms with Crippen LogP contribution in [-0.4, -0.2) is 4.98 Å². The zero-order valence-electron chi connectivity index (χ0n) is 23.3. The number of thiophene rings is 1. The Kier molecular flexibility index (Phi) is 5.44. The molecule has 0 saturated heterocycles. The van der Waals surface area contributed by atoms with Crippen molar-refractivity contribution >= 4 is 63.8 Å². The predicted octanol–water partition coefficient (Wildman–Crippen LogP) is 11.9. The van der Waals surface area contributed by atoms with Crippen LogP contribution in [0.1, 0.15) is 0 Å². The minimum Gasteiger partial charge on any atom is -0.248 e. The summed E-state index contributed by atoms with van der Waals surface area (Å²) in [6, 6.07) is 54.7. The lowest BCUT2D eigenvalue weighted by Crippen LogP contribution is -1.92.